The summed E-state index contributed by atoms with van der Waals surface area (Å²) in [4.78, 5) is 2.52. The standard InChI is InChI=1S/C17H19BrN2O3S/c1-11-7-12(2)17(13(3)8-11)24(21,22)20-19-10-14-9-15(18)5-6-16(14)23-4/h5-10,20H,1-4H3/b19-10+. The predicted octanol–water partition coefficient (Wildman–Crippen LogP) is 3.70. The SMILES string of the molecule is COc1ccc(Br)cc1/C=N/NS(=O)(=O)c1c(C)cc(C)cc1C. The van der Waals surface area contributed by atoms with E-state index in [1.807, 2.05) is 25.1 Å². The maximum Gasteiger partial charge on any atom is 0.277 e. The summed E-state index contributed by atoms with van der Waals surface area (Å²) in [6.07, 6.45) is 1.42. The minimum absolute atomic E-state index is 0.256. The lowest BCUT2D eigenvalue weighted by Crippen LogP contribution is -2.20. The van der Waals surface area contributed by atoms with E-state index in [9.17, 15) is 8.42 Å². The highest BCUT2D eigenvalue weighted by molar-refractivity contribution is 9.10. The molecule has 0 atom stereocenters. The quantitative estimate of drug-likeness (QED) is 0.603. The topological polar surface area (TPSA) is 67.8 Å². The second kappa shape index (κ2) is 7.36. The van der Waals surface area contributed by atoms with Crippen molar-refractivity contribution in [2.75, 3.05) is 7.11 Å². The fourth-order valence-electron chi connectivity index (χ4n) is 2.61. The Hall–Kier alpha value is -1.86. The van der Waals surface area contributed by atoms with Gasteiger partial charge in [-0.25, -0.2) is 4.83 Å². The van der Waals surface area contributed by atoms with E-state index in [2.05, 4.69) is 25.9 Å². The molecule has 0 radical (unpaired) electrons. The van der Waals surface area contributed by atoms with Crippen LogP contribution in [0.2, 0.25) is 0 Å². The van der Waals surface area contributed by atoms with Gasteiger partial charge >= 0.3 is 0 Å². The number of halogens is 1. The maximum atomic E-state index is 12.5. The van der Waals surface area contributed by atoms with E-state index in [1.165, 1.54) is 6.21 Å². The highest BCUT2D eigenvalue weighted by atomic mass is 79.9. The summed E-state index contributed by atoms with van der Waals surface area (Å²) < 4.78 is 31.1. The third kappa shape index (κ3) is 4.15. The Bertz CT molecular complexity index is 870. The molecule has 0 aromatic heterocycles. The first-order valence-corrected chi connectivity index (χ1v) is 9.48. The molecule has 0 aliphatic rings. The van der Waals surface area contributed by atoms with Crippen LogP contribution in [0.1, 0.15) is 22.3 Å². The molecule has 0 saturated heterocycles. The molecular formula is C17H19BrN2O3S. The van der Waals surface area contributed by atoms with E-state index < -0.39 is 10.0 Å². The van der Waals surface area contributed by atoms with Gasteiger partial charge in [-0.05, 0) is 50.1 Å². The summed E-state index contributed by atoms with van der Waals surface area (Å²) >= 11 is 3.36. The second-order valence-corrected chi connectivity index (χ2v) is 7.98. The molecule has 1 N–H and O–H groups in total. The molecule has 0 bridgehead atoms. The Labute approximate surface area is 150 Å². The Balaban J connectivity index is 2.30. The molecule has 0 unspecified atom stereocenters. The zero-order valence-corrected chi connectivity index (χ0v) is 16.3. The highest BCUT2D eigenvalue weighted by Crippen LogP contribution is 2.23. The fraction of sp³-hybridized carbons (Fsp3) is 0.235. The van der Waals surface area contributed by atoms with Gasteiger partial charge in [0.15, 0.2) is 0 Å². The van der Waals surface area contributed by atoms with Crippen LogP contribution in [0.5, 0.6) is 5.75 Å². The van der Waals surface area contributed by atoms with Crippen LogP contribution in [-0.2, 0) is 10.0 Å². The Morgan fingerprint density at radius 2 is 1.75 bits per heavy atom. The van der Waals surface area contributed by atoms with Gasteiger partial charge in [-0.2, -0.15) is 13.5 Å². The first-order chi connectivity index (χ1) is 11.2. The van der Waals surface area contributed by atoms with Gasteiger partial charge in [0.05, 0.1) is 18.2 Å². The molecule has 5 nitrogen and oxygen atoms in total. The number of hydrogen-bond donors (Lipinski definition) is 1. The Kier molecular flexibility index (Phi) is 5.66. The van der Waals surface area contributed by atoms with Crippen LogP contribution < -0.4 is 9.57 Å². The molecule has 0 aliphatic heterocycles. The van der Waals surface area contributed by atoms with Gasteiger partial charge in [0.25, 0.3) is 10.0 Å². The van der Waals surface area contributed by atoms with E-state index in [4.69, 9.17) is 4.74 Å². The van der Waals surface area contributed by atoms with Crippen molar-refractivity contribution in [3.05, 3.63) is 57.1 Å². The molecule has 0 fully saturated rings. The van der Waals surface area contributed by atoms with Crippen molar-refractivity contribution in [3.8, 4) is 5.75 Å². The van der Waals surface area contributed by atoms with E-state index in [1.54, 1.807) is 33.1 Å². The number of rotatable bonds is 5. The number of hydrogen-bond acceptors (Lipinski definition) is 4. The zero-order chi connectivity index (χ0) is 17.9. The molecule has 2 aromatic carbocycles. The minimum atomic E-state index is -3.74. The van der Waals surface area contributed by atoms with Crippen molar-refractivity contribution in [2.24, 2.45) is 5.10 Å². The number of ether oxygens (including phenoxy) is 1. The van der Waals surface area contributed by atoms with E-state index in [-0.39, 0.29) is 4.90 Å². The van der Waals surface area contributed by atoms with Gasteiger partial charge < -0.3 is 4.74 Å². The van der Waals surface area contributed by atoms with Crippen LogP contribution in [0.4, 0.5) is 0 Å². The number of hydrazone groups is 1. The van der Waals surface area contributed by atoms with Crippen LogP contribution in [0.3, 0.4) is 0 Å². The Morgan fingerprint density at radius 1 is 1.12 bits per heavy atom. The molecule has 7 heteroatoms. The van der Waals surface area contributed by atoms with Crippen LogP contribution in [0.25, 0.3) is 0 Å². The number of aryl methyl sites for hydroxylation is 3. The average molecular weight is 411 g/mol. The third-order valence-corrected chi connectivity index (χ3v) is 5.46. The summed E-state index contributed by atoms with van der Waals surface area (Å²) in [5.74, 6) is 0.601. The fourth-order valence-corrected chi connectivity index (χ4v) is 4.23. The summed E-state index contributed by atoms with van der Waals surface area (Å²) in [5, 5.41) is 3.88. The van der Waals surface area contributed by atoms with Crippen molar-refractivity contribution >= 4 is 32.2 Å². The molecule has 0 amide bonds. The number of nitrogens with zero attached hydrogens (tertiary/aromatic N) is 1. The monoisotopic (exact) mass is 410 g/mol. The number of nitrogens with one attached hydrogen (secondary N) is 1. The Morgan fingerprint density at radius 3 is 2.33 bits per heavy atom. The maximum absolute atomic E-state index is 12.5. The summed E-state index contributed by atoms with van der Waals surface area (Å²) in [7, 11) is -2.19. The normalized spacial score (nSPS) is 11.7. The third-order valence-electron chi connectivity index (χ3n) is 3.44. The molecule has 2 aromatic rings. The van der Waals surface area contributed by atoms with Gasteiger partial charge in [-0.3, -0.25) is 0 Å². The van der Waals surface area contributed by atoms with Gasteiger partial charge in [0.1, 0.15) is 5.75 Å². The lowest BCUT2D eigenvalue weighted by atomic mass is 10.1. The smallest absolute Gasteiger partial charge is 0.277 e. The average Bonchev–Trinajstić information content (AvgIpc) is 2.45. The predicted molar refractivity (Wildman–Crippen MR) is 99.3 cm³/mol. The van der Waals surface area contributed by atoms with Gasteiger partial charge in [0, 0.05) is 10.0 Å². The molecule has 2 rings (SSSR count). The number of benzene rings is 2. The van der Waals surface area contributed by atoms with Crippen LogP contribution >= 0.6 is 15.9 Å². The van der Waals surface area contributed by atoms with Crippen LogP contribution in [0, 0.1) is 20.8 Å². The molecule has 24 heavy (non-hydrogen) atoms. The lowest BCUT2D eigenvalue weighted by Gasteiger charge is -2.11. The molecule has 0 spiro atoms. The van der Waals surface area contributed by atoms with E-state index in [0.29, 0.717) is 22.4 Å². The second-order valence-electron chi connectivity index (χ2n) is 5.47. The first kappa shape index (κ1) is 18.5. The van der Waals surface area contributed by atoms with Crippen molar-refractivity contribution in [3.63, 3.8) is 0 Å². The van der Waals surface area contributed by atoms with Gasteiger partial charge in [-0.15, -0.1) is 0 Å². The van der Waals surface area contributed by atoms with Crippen molar-refractivity contribution in [1.82, 2.24) is 4.83 Å². The van der Waals surface area contributed by atoms with Crippen molar-refractivity contribution in [2.45, 2.75) is 25.7 Å². The van der Waals surface area contributed by atoms with E-state index >= 15 is 0 Å². The molecule has 0 heterocycles. The van der Waals surface area contributed by atoms with Crippen LogP contribution in [-0.4, -0.2) is 21.7 Å². The molecule has 0 saturated carbocycles. The van der Waals surface area contributed by atoms with Gasteiger partial charge in [-0.1, -0.05) is 33.6 Å². The van der Waals surface area contributed by atoms with Crippen molar-refractivity contribution < 1.29 is 13.2 Å². The van der Waals surface area contributed by atoms with E-state index in [0.717, 1.165) is 10.0 Å². The van der Waals surface area contributed by atoms with Crippen LogP contribution in [0.15, 0.2) is 44.8 Å². The largest absolute Gasteiger partial charge is 0.496 e. The highest BCUT2D eigenvalue weighted by Gasteiger charge is 2.19. The summed E-state index contributed by atoms with van der Waals surface area (Å²) in [5.41, 5.74) is 3.06. The molecule has 0 aliphatic carbocycles. The minimum Gasteiger partial charge on any atom is -0.496 e. The lowest BCUT2D eigenvalue weighted by molar-refractivity contribution is 0.414. The van der Waals surface area contributed by atoms with Crippen molar-refractivity contribution in [1.29, 1.82) is 0 Å². The zero-order valence-electron chi connectivity index (χ0n) is 13.9. The molecular weight excluding hydrogens is 392 g/mol. The van der Waals surface area contributed by atoms with Gasteiger partial charge in [0.2, 0.25) is 0 Å². The number of methoxy groups -OCH3 is 1. The number of sulfonamides is 1. The summed E-state index contributed by atoms with van der Waals surface area (Å²) in [6.45, 7) is 5.48. The summed E-state index contributed by atoms with van der Waals surface area (Å²) in [6, 6.07) is 9.07. The molecule has 128 valence electrons. The first-order valence-electron chi connectivity index (χ1n) is 7.21.